The van der Waals surface area contributed by atoms with E-state index < -0.39 is 0 Å². The number of hydrogen-bond donors (Lipinski definition) is 2. The van der Waals surface area contributed by atoms with Gasteiger partial charge in [0.1, 0.15) is 17.1 Å². The van der Waals surface area contributed by atoms with E-state index in [9.17, 15) is 0 Å². The minimum Gasteiger partial charge on any atom is -0.494 e. The molecule has 2 aromatic heterocycles. The van der Waals surface area contributed by atoms with Gasteiger partial charge in [-0.3, -0.25) is 0 Å². The average molecular weight is 192 g/mol. The molecule has 0 saturated heterocycles. The standard InChI is InChI=1S/C9H12N4O/c1-14-6-3-5-11-9-8(6)12-7(13-9)2-4-10/h3,5H,2,4,10H2,1H3,(H,11,12,13). The molecule has 0 radical (unpaired) electrons. The predicted molar refractivity (Wildman–Crippen MR) is 53.2 cm³/mol. The summed E-state index contributed by atoms with van der Waals surface area (Å²) in [5.41, 5.74) is 6.95. The molecule has 0 aromatic carbocycles. The number of nitrogens with one attached hydrogen (secondary N) is 1. The van der Waals surface area contributed by atoms with Gasteiger partial charge in [-0.25, -0.2) is 9.97 Å². The lowest BCUT2D eigenvalue weighted by molar-refractivity contribution is 0.418. The molecule has 0 amide bonds. The molecule has 0 unspecified atom stereocenters. The normalized spacial score (nSPS) is 10.7. The first-order chi connectivity index (χ1) is 6.85. The molecule has 0 aliphatic heterocycles. The summed E-state index contributed by atoms with van der Waals surface area (Å²) in [5.74, 6) is 1.60. The Morgan fingerprint density at radius 1 is 1.57 bits per heavy atom. The molecular formula is C9H12N4O. The Morgan fingerprint density at radius 3 is 3.14 bits per heavy atom. The zero-order chi connectivity index (χ0) is 9.97. The van der Waals surface area contributed by atoms with E-state index >= 15 is 0 Å². The molecule has 0 saturated carbocycles. The van der Waals surface area contributed by atoms with E-state index in [1.54, 1.807) is 19.4 Å². The summed E-state index contributed by atoms with van der Waals surface area (Å²) in [6, 6.07) is 1.80. The molecule has 74 valence electrons. The molecule has 0 aliphatic rings. The fourth-order valence-corrected chi connectivity index (χ4v) is 1.36. The second-order valence-corrected chi connectivity index (χ2v) is 2.93. The van der Waals surface area contributed by atoms with Crippen LogP contribution in [0, 0.1) is 0 Å². The van der Waals surface area contributed by atoms with Gasteiger partial charge in [0.05, 0.1) is 7.11 Å². The highest BCUT2D eigenvalue weighted by Crippen LogP contribution is 2.20. The van der Waals surface area contributed by atoms with Crippen LogP contribution >= 0.6 is 0 Å². The van der Waals surface area contributed by atoms with E-state index in [-0.39, 0.29) is 0 Å². The zero-order valence-electron chi connectivity index (χ0n) is 7.95. The third-order valence-corrected chi connectivity index (χ3v) is 2.00. The lowest BCUT2D eigenvalue weighted by atomic mass is 10.4. The third kappa shape index (κ3) is 1.42. The van der Waals surface area contributed by atoms with Gasteiger partial charge in [-0.1, -0.05) is 0 Å². The Kier molecular flexibility index (Phi) is 2.32. The van der Waals surface area contributed by atoms with E-state index in [1.165, 1.54) is 0 Å². The monoisotopic (exact) mass is 192 g/mol. The fraction of sp³-hybridized carbons (Fsp3) is 0.333. The van der Waals surface area contributed by atoms with Crippen LogP contribution in [0.2, 0.25) is 0 Å². The summed E-state index contributed by atoms with van der Waals surface area (Å²) in [4.78, 5) is 11.6. The van der Waals surface area contributed by atoms with Crippen molar-refractivity contribution >= 4 is 11.2 Å². The van der Waals surface area contributed by atoms with Crippen molar-refractivity contribution in [3.8, 4) is 5.75 Å². The Hall–Kier alpha value is -1.62. The van der Waals surface area contributed by atoms with E-state index in [1.807, 2.05) is 0 Å². The van der Waals surface area contributed by atoms with Gasteiger partial charge in [-0.05, 0) is 6.54 Å². The molecule has 5 heteroatoms. The first-order valence-corrected chi connectivity index (χ1v) is 4.43. The molecule has 0 aliphatic carbocycles. The quantitative estimate of drug-likeness (QED) is 0.741. The van der Waals surface area contributed by atoms with Crippen molar-refractivity contribution < 1.29 is 4.74 Å². The second-order valence-electron chi connectivity index (χ2n) is 2.93. The van der Waals surface area contributed by atoms with Gasteiger partial charge >= 0.3 is 0 Å². The molecule has 0 bridgehead atoms. The van der Waals surface area contributed by atoms with Crippen molar-refractivity contribution in [2.45, 2.75) is 6.42 Å². The summed E-state index contributed by atoms with van der Waals surface area (Å²) in [7, 11) is 1.62. The number of aromatic nitrogens is 3. The molecule has 3 N–H and O–H groups in total. The smallest absolute Gasteiger partial charge is 0.181 e. The molecule has 2 aromatic rings. The van der Waals surface area contributed by atoms with E-state index in [0.29, 0.717) is 12.2 Å². The first kappa shape index (κ1) is 8.96. The van der Waals surface area contributed by atoms with Gasteiger partial charge in [-0.2, -0.15) is 0 Å². The fourth-order valence-electron chi connectivity index (χ4n) is 1.36. The molecule has 0 fully saturated rings. The van der Waals surface area contributed by atoms with Crippen molar-refractivity contribution in [1.29, 1.82) is 0 Å². The summed E-state index contributed by atoms with van der Waals surface area (Å²) < 4.78 is 5.18. The van der Waals surface area contributed by atoms with Gasteiger partial charge in [-0.15, -0.1) is 0 Å². The van der Waals surface area contributed by atoms with Gasteiger partial charge in [0, 0.05) is 18.7 Å². The minimum absolute atomic E-state index is 0.572. The lowest BCUT2D eigenvalue weighted by Crippen LogP contribution is -2.03. The second kappa shape index (κ2) is 3.63. The van der Waals surface area contributed by atoms with E-state index in [2.05, 4.69) is 15.0 Å². The number of nitrogens with two attached hydrogens (primary N) is 1. The number of fused-ring (bicyclic) bond motifs is 1. The summed E-state index contributed by atoms with van der Waals surface area (Å²) in [5, 5.41) is 0. The molecule has 2 rings (SSSR count). The number of aromatic amines is 1. The number of nitrogens with zero attached hydrogens (tertiary/aromatic N) is 2. The Labute approximate surface area is 81.3 Å². The number of imidazole rings is 1. The number of ether oxygens (including phenoxy) is 1. The van der Waals surface area contributed by atoms with Crippen LogP contribution in [-0.4, -0.2) is 28.6 Å². The molecule has 14 heavy (non-hydrogen) atoms. The molecule has 0 atom stereocenters. The topological polar surface area (TPSA) is 76.8 Å². The number of pyridine rings is 1. The zero-order valence-corrected chi connectivity index (χ0v) is 7.95. The maximum absolute atomic E-state index is 5.44. The van der Waals surface area contributed by atoms with Crippen LogP contribution in [0.1, 0.15) is 5.82 Å². The maximum atomic E-state index is 5.44. The van der Waals surface area contributed by atoms with Crippen LogP contribution in [0.15, 0.2) is 12.3 Å². The van der Waals surface area contributed by atoms with Gasteiger partial charge in [0.2, 0.25) is 0 Å². The maximum Gasteiger partial charge on any atom is 0.181 e. The van der Waals surface area contributed by atoms with Gasteiger partial charge in [0.15, 0.2) is 5.65 Å². The van der Waals surface area contributed by atoms with Crippen molar-refractivity contribution in [1.82, 2.24) is 15.0 Å². The SMILES string of the molecule is COc1ccnc2nc(CCN)[nH]c12. The highest BCUT2D eigenvalue weighted by atomic mass is 16.5. The van der Waals surface area contributed by atoms with Gasteiger partial charge < -0.3 is 15.5 Å². The highest BCUT2D eigenvalue weighted by Gasteiger charge is 2.07. The Bertz CT molecular complexity index is 437. The van der Waals surface area contributed by atoms with Gasteiger partial charge in [0.25, 0.3) is 0 Å². The number of H-pyrrole nitrogens is 1. The van der Waals surface area contributed by atoms with Crippen LogP contribution in [0.25, 0.3) is 11.2 Å². The largest absolute Gasteiger partial charge is 0.494 e. The molecule has 2 heterocycles. The van der Waals surface area contributed by atoms with Crippen LogP contribution in [0.5, 0.6) is 5.75 Å². The minimum atomic E-state index is 0.572. The van der Waals surface area contributed by atoms with Crippen molar-refractivity contribution in [2.24, 2.45) is 5.73 Å². The predicted octanol–water partition coefficient (Wildman–Crippen LogP) is 0.468. The van der Waals surface area contributed by atoms with E-state index in [0.717, 1.165) is 23.5 Å². The third-order valence-electron chi connectivity index (χ3n) is 2.00. The molecule has 5 nitrogen and oxygen atoms in total. The molecular weight excluding hydrogens is 180 g/mol. The number of rotatable bonds is 3. The summed E-state index contributed by atoms with van der Waals surface area (Å²) in [6.45, 7) is 0.572. The lowest BCUT2D eigenvalue weighted by Gasteiger charge is -1.97. The van der Waals surface area contributed by atoms with Crippen LogP contribution in [0.4, 0.5) is 0 Å². The van der Waals surface area contributed by atoms with Crippen molar-refractivity contribution in [2.75, 3.05) is 13.7 Å². The van der Waals surface area contributed by atoms with Crippen LogP contribution < -0.4 is 10.5 Å². The molecule has 0 spiro atoms. The van der Waals surface area contributed by atoms with Crippen molar-refractivity contribution in [3.63, 3.8) is 0 Å². The summed E-state index contributed by atoms with van der Waals surface area (Å²) >= 11 is 0. The number of hydrogen-bond acceptors (Lipinski definition) is 4. The van der Waals surface area contributed by atoms with Crippen LogP contribution in [-0.2, 0) is 6.42 Å². The number of methoxy groups -OCH3 is 1. The highest BCUT2D eigenvalue weighted by molar-refractivity contribution is 5.77. The first-order valence-electron chi connectivity index (χ1n) is 4.43. The Balaban J connectivity index is 2.52. The van der Waals surface area contributed by atoms with Crippen molar-refractivity contribution in [3.05, 3.63) is 18.1 Å². The van der Waals surface area contributed by atoms with E-state index in [4.69, 9.17) is 10.5 Å². The summed E-state index contributed by atoms with van der Waals surface area (Å²) in [6.07, 6.45) is 2.40. The van der Waals surface area contributed by atoms with Crippen LogP contribution in [0.3, 0.4) is 0 Å². The average Bonchev–Trinajstić information content (AvgIpc) is 2.60. The Morgan fingerprint density at radius 2 is 2.43 bits per heavy atom.